The van der Waals surface area contributed by atoms with Crippen LogP contribution in [0, 0.1) is 19.7 Å². The third-order valence-electron chi connectivity index (χ3n) is 4.23. The zero-order valence-electron chi connectivity index (χ0n) is 15.9. The number of nitrogens with zero attached hydrogens (tertiary/aromatic N) is 3. The lowest BCUT2D eigenvalue weighted by Crippen LogP contribution is -2.36. The molecule has 2 N–H and O–H groups in total. The summed E-state index contributed by atoms with van der Waals surface area (Å²) in [5.74, 6) is 1.30. The maximum Gasteiger partial charge on any atom is 0.191 e. The molecule has 0 saturated carbocycles. The first-order valence-electron chi connectivity index (χ1n) is 8.16. The van der Waals surface area contributed by atoms with Crippen LogP contribution >= 0.6 is 35.7 Å². The van der Waals surface area contributed by atoms with Gasteiger partial charge in [-0.15, -0.1) is 24.0 Å². The van der Waals surface area contributed by atoms with E-state index in [1.54, 1.807) is 24.9 Å². The highest BCUT2D eigenvalue weighted by molar-refractivity contribution is 14.0. The van der Waals surface area contributed by atoms with Crippen molar-refractivity contribution in [1.82, 2.24) is 20.4 Å². The average Bonchev–Trinajstić information content (AvgIpc) is 2.82. The first-order valence-corrected chi connectivity index (χ1v) is 9.55. The van der Waals surface area contributed by atoms with Crippen LogP contribution in [0.5, 0.6) is 0 Å². The number of aryl methyl sites for hydroxylation is 2. The van der Waals surface area contributed by atoms with Crippen LogP contribution in [0.2, 0.25) is 0 Å². The Hall–Kier alpha value is -1.29. The minimum absolute atomic E-state index is 0. The van der Waals surface area contributed by atoms with Crippen LogP contribution in [-0.4, -0.2) is 29.0 Å². The van der Waals surface area contributed by atoms with Crippen LogP contribution in [-0.2, 0) is 25.9 Å². The van der Waals surface area contributed by atoms with Crippen molar-refractivity contribution in [1.29, 1.82) is 0 Å². The van der Waals surface area contributed by atoms with Gasteiger partial charge in [0.05, 0.1) is 5.69 Å². The zero-order chi connectivity index (χ0) is 18.4. The normalized spacial score (nSPS) is 11.2. The SMILES string of the molecule is CN=C(NCc1ccc(F)cc1CSC)NCc1c(C)nn(C)c1C.I. The number of rotatable bonds is 6. The van der Waals surface area contributed by atoms with Crippen molar-refractivity contribution in [3.63, 3.8) is 0 Å². The van der Waals surface area contributed by atoms with E-state index in [1.807, 2.05) is 31.0 Å². The van der Waals surface area contributed by atoms with Crippen LogP contribution in [0.4, 0.5) is 4.39 Å². The van der Waals surface area contributed by atoms with Gasteiger partial charge in [0.2, 0.25) is 0 Å². The van der Waals surface area contributed by atoms with E-state index in [1.165, 1.54) is 11.6 Å². The van der Waals surface area contributed by atoms with Crippen molar-refractivity contribution in [2.24, 2.45) is 12.0 Å². The molecule has 2 aromatic rings. The van der Waals surface area contributed by atoms with Gasteiger partial charge in [-0.1, -0.05) is 6.07 Å². The molecule has 144 valence electrons. The number of guanidine groups is 1. The first kappa shape index (κ1) is 22.8. The second-order valence-electron chi connectivity index (χ2n) is 5.90. The first-order chi connectivity index (χ1) is 12.0. The summed E-state index contributed by atoms with van der Waals surface area (Å²) in [6, 6.07) is 4.93. The van der Waals surface area contributed by atoms with Gasteiger partial charge in [-0.3, -0.25) is 9.67 Å². The second-order valence-corrected chi connectivity index (χ2v) is 6.76. The molecule has 0 aliphatic heterocycles. The third-order valence-corrected chi connectivity index (χ3v) is 4.83. The molecule has 0 radical (unpaired) electrons. The predicted octanol–water partition coefficient (Wildman–Crippen LogP) is 3.52. The number of hydrogen-bond donors (Lipinski definition) is 2. The standard InChI is InChI=1S/C18H26FN5S.HI/c1-12-17(13(2)24(4)23-12)10-22-18(20-3)21-9-14-6-7-16(19)8-15(14)11-25-5;/h6-8H,9-11H2,1-5H3,(H2,20,21,22);1H. The Balaban J connectivity index is 0.00000338. The molecule has 1 aromatic carbocycles. The Labute approximate surface area is 176 Å². The van der Waals surface area contributed by atoms with E-state index in [9.17, 15) is 4.39 Å². The molecule has 26 heavy (non-hydrogen) atoms. The van der Waals surface area contributed by atoms with Gasteiger partial charge < -0.3 is 10.6 Å². The number of thioether (sulfide) groups is 1. The fourth-order valence-electron chi connectivity index (χ4n) is 2.70. The molecule has 0 saturated heterocycles. The van der Waals surface area contributed by atoms with Gasteiger partial charge in [0.1, 0.15) is 5.82 Å². The molecular formula is C18H27FIN5S. The molecule has 5 nitrogen and oxygen atoms in total. The Bertz CT molecular complexity index is 760. The molecule has 0 aliphatic carbocycles. The van der Waals surface area contributed by atoms with Crippen LogP contribution < -0.4 is 10.6 Å². The summed E-state index contributed by atoms with van der Waals surface area (Å²) in [6.07, 6.45) is 2.02. The Morgan fingerprint density at radius 2 is 1.92 bits per heavy atom. The summed E-state index contributed by atoms with van der Waals surface area (Å²) in [4.78, 5) is 4.27. The number of hydrogen-bond acceptors (Lipinski definition) is 3. The molecule has 0 amide bonds. The molecule has 8 heteroatoms. The van der Waals surface area contributed by atoms with Gasteiger partial charge in [-0.25, -0.2) is 4.39 Å². The summed E-state index contributed by atoms with van der Waals surface area (Å²) in [6.45, 7) is 5.32. The van der Waals surface area contributed by atoms with Gasteiger partial charge in [-0.05, 0) is 43.4 Å². The average molecular weight is 491 g/mol. The van der Waals surface area contributed by atoms with E-state index in [0.717, 1.165) is 28.3 Å². The summed E-state index contributed by atoms with van der Waals surface area (Å²) in [5.41, 5.74) is 5.42. The number of benzene rings is 1. The molecule has 0 bridgehead atoms. The molecule has 1 heterocycles. The lowest BCUT2D eigenvalue weighted by atomic mass is 10.1. The largest absolute Gasteiger partial charge is 0.352 e. The fourth-order valence-corrected chi connectivity index (χ4v) is 3.28. The molecule has 1 aromatic heterocycles. The summed E-state index contributed by atoms with van der Waals surface area (Å²) in [7, 11) is 3.69. The summed E-state index contributed by atoms with van der Waals surface area (Å²) >= 11 is 1.68. The lowest BCUT2D eigenvalue weighted by molar-refractivity contribution is 0.625. The molecule has 0 unspecified atom stereocenters. The maximum atomic E-state index is 13.4. The highest BCUT2D eigenvalue weighted by Crippen LogP contribution is 2.16. The topological polar surface area (TPSA) is 54.2 Å². The molecule has 0 fully saturated rings. The van der Waals surface area contributed by atoms with Crippen molar-refractivity contribution < 1.29 is 4.39 Å². The van der Waals surface area contributed by atoms with E-state index in [-0.39, 0.29) is 29.8 Å². The zero-order valence-corrected chi connectivity index (χ0v) is 19.0. The van der Waals surface area contributed by atoms with Gasteiger partial charge in [0.15, 0.2) is 5.96 Å². The lowest BCUT2D eigenvalue weighted by Gasteiger charge is -2.14. The summed E-state index contributed by atoms with van der Waals surface area (Å²) < 4.78 is 15.3. The van der Waals surface area contributed by atoms with Gasteiger partial charge in [0, 0.05) is 44.2 Å². The van der Waals surface area contributed by atoms with Crippen molar-refractivity contribution in [2.75, 3.05) is 13.3 Å². The van der Waals surface area contributed by atoms with Crippen LogP contribution in [0.3, 0.4) is 0 Å². The van der Waals surface area contributed by atoms with Crippen LogP contribution in [0.1, 0.15) is 28.1 Å². The van der Waals surface area contributed by atoms with E-state index < -0.39 is 0 Å². The van der Waals surface area contributed by atoms with Crippen LogP contribution in [0.15, 0.2) is 23.2 Å². The maximum absolute atomic E-state index is 13.4. The quantitative estimate of drug-likeness (QED) is 0.369. The summed E-state index contributed by atoms with van der Waals surface area (Å²) in [5, 5.41) is 11.0. The molecule has 2 rings (SSSR count). The van der Waals surface area contributed by atoms with Crippen molar-refractivity contribution >= 4 is 41.7 Å². The highest BCUT2D eigenvalue weighted by atomic mass is 127. The molecule has 0 atom stereocenters. The monoisotopic (exact) mass is 491 g/mol. The van der Waals surface area contributed by atoms with Gasteiger partial charge >= 0.3 is 0 Å². The minimum atomic E-state index is -0.196. The van der Waals surface area contributed by atoms with Crippen LogP contribution in [0.25, 0.3) is 0 Å². The molecule has 0 aliphatic rings. The number of halogens is 2. The second kappa shape index (κ2) is 10.8. The van der Waals surface area contributed by atoms with E-state index >= 15 is 0 Å². The smallest absolute Gasteiger partial charge is 0.191 e. The van der Waals surface area contributed by atoms with E-state index in [0.29, 0.717) is 19.0 Å². The van der Waals surface area contributed by atoms with Gasteiger partial charge in [-0.2, -0.15) is 16.9 Å². The number of aliphatic imine (C=N–C) groups is 1. The minimum Gasteiger partial charge on any atom is -0.352 e. The Morgan fingerprint density at radius 3 is 2.50 bits per heavy atom. The van der Waals surface area contributed by atoms with E-state index in [2.05, 4.69) is 27.6 Å². The third kappa shape index (κ3) is 5.87. The van der Waals surface area contributed by atoms with Crippen molar-refractivity contribution in [2.45, 2.75) is 32.7 Å². The van der Waals surface area contributed by atoms with Gasteiger partial charge in [0.25, 0.3) is 0 Å². The van der Waals surface area contributed by atoms with Crippen molar-refractivity contribution in [3.05, 3.63) is 52.1 Å². The predicted molar refractivity (Wildman–Crippen MR) is 119 cm³/mol. The van der Waals surface area contributed by atoms with E-state index in [4.69, 9.17) is 0 Å². The Morgan fingerprint density at radius 1 is 1.23 bits per heavy atom. The fraction of sp³-hybridized carbons (Fsp3) is 0.444. The molecule has 0 spiro atoms. The number of nitrogens with one attached hydrogen (secondary N) is 2. The highest BCUT2D eigenvalue weighted by Gasteiger charge is 2.10. The van der Waals surface area contributed by atoms with Crippen molar-refractivity contribution in [3.8, 4) is 0 Å². The Kier molecular flexibility index (Phi) is 9.42. The molecular weight excluding hydrogens is 464 g/mol. The number of aromatic nitrogens is 2.